The molecular formula is C79H69N5O2. The van der Waals surface area contributed by atoms with Crippen LogP contribution in [-0.2, 0) is 21.7 Å². The summed E-state index contributed by atoms with van der Waals surface area (Å²) >= 11 is 0. The highest BCUT2D eigenvalue weighted by Crippen LogP contribution is 2.43. The predicted octanol–water partition coefficient (Wildman–Crippen LogP) is 19.0. The number of carbonyl (C=O) groups is 1. The molecule has 422 valence electrons. The fraction of sp³-hybridized carbons (Fsp3) is 0.203. The topological polar surface area (TPSA) is 66.9 Å². The number of fused-ring (bicyclic) bond motifs is 9. The van der Waals surface area contributed by atoms with Crippen molar-refractivity contribution in [1.29, 1.82) is 0 Å². The summed E-state index contributed by atoms with van der Waals surface area (Å²) in [6, 6.07) is 62.5. The summed E-state index contributed by atoms with van der Waals surface area (Å²) < 4.78 is 13.4. The number of pyridine rings is 2. The maximum absolute atomic E-state index is 14.2. The van der Waals surface area contributed by atoms with Crippen LogP contribution >= 0.6 is 0 Å². The number of aromatic nitrogens is 5. The molecule has 5 aromatic heterocycles. The lowest BCUT2D eigenvalue weighted by Crippen LogP contribution is -2.10. The van der Waals surface area contributed by atoms with Gasteiger partial charge < -0.3 is 18.4 Å². The molecule has 13 rings (SSSR count). The van der Waals surface area contributed by atoms with Gasteiger partial charge in [-0.05, 0) is 196 Å². The first-order valence-corrected chi connectivity index (χ1v) is 29.6. The number of hydrogen-bond donors (Lipinski definition) is 0. The van der Waals surface area contributed by atoms with E-state index in [0.29, 0.717) is 22.4 Å². The molecule has 7 nitrogen and oxygen atoms in total. The van der Waals surface area contributed by atoms with Gasteiger partial charge in [-0.1, -0.05) is 131 Å². The summed E-state index contributed by atoms with van der Waals surface area (Å²) in [5.74, 6) is 12.7. The van der Waals surface area contributed by atoms with Gasteiger partial charge in [0.05, 0.1) is 38.7 Å². The number of nitrogens with zero attached hydrogens (tertiary/aromatic N) is 5. The third-order valence-corrected chi connectivity index (χ3v) is 16.8. The Morgan fingerprint density at radius 3 is 0.953 bits per heavy atom. The van der Waals surface area contributed by atoms with Crippen molar-refractivity contribution in [2.45, 2.75) is 105 Å². The van der Waals surface area contributed by atoms with Crippen LogP contribution < -0.4 is 4.74 Å². The van der Waals surface area contributed by atoms with E-state index in [2.05, 4.69) is 240 Å². The average molecular weight is 1120 g/mol. The Hall–Kier alpha value is -9.95. The van der Waals surface area contributed by atoms with Crippen LogP contribution in [0.4, 0.5) is 0 Å². The van der Waals surface area contributed by atoms with Crippen LogP contribution in [0.25, 0.3) is 82.5 Å². The van der Waals surface area contributed by atoms with Crippen LogP contribution in [-0.4, -0.2) is 29.6 Å². The molecule has 13 aromatic rings. The third kappa shape index (κ3) is 10.3. The van der Waals surface area contributed by atoms with Crippen LogP contribution in [0.2, 0.25) is 0 Å². The van der Waals surface area contributed by atoms with Gasteiger partial charge in [0.25, 0.3) is 0 Å². The monoisotopic (exact) mass is 1120 g/mol. The number of carbonyl (C=O) groups excluding carboxylic acids is 1. The minimum atomic E-state index is -0.494. The highest BCUT2D eigenvalue weighted by atomic mass is 16.5. The van der Waals surface area contributed by atoms with E-state index >= 15 is 0 Å². The Morgan fingerprint density at radius 1 is 0.326 bits per heavy atom. The maximum atomic E-state index is 14.2. The van der Waals surface area contributed by atoms with E-state index in [1.807, 2.05) is 54.6 Å². The van der Waals surface area contributed by atoms with Crippen molar-refractivity contribution in [2.24, 2.45) is 0 Å². The summed E-state index contributed by atoms with van der Waals surface area (Å²) in [6.45, 7) is 27.5. The number of esters is 1. The van der Waals surface area contributed by atoms with E-state index in [1.54, 1.807) is 36.9 Å². The zero-order valence-electron chi connectivity index (χ0n) is 51.1. The summed E-state index contributed by atoms with van der Waals surface area (Å²) in [6.07, 6.45) is 6.84. The lowest BCUT2D eigenvalue weighted by molar-refractivity contribution is 0.0734. The summed E-state index contributed by atoms with van der Waals surface area (Å²) in [5.41, 5.74) is 18.3. The number of ether oxygens (including phenoxy) is 1. The van der Waals surface area contributed by atoms with Crippen LogP contribution in [0, 0.1) is 23.7 Å². The van der Waals surface area contributed by atoms with Crippen molar-refractivity contribution in [1.82, 2.24) is 23.7 Å². The van der Waals surface area contributed by atoms with Crippen LogP contribution in [0.5, 0.6) is 5.75 Å². The lowest BCUT2D eigenvalue weighted by atomic mass is 9.85. The molecule has 0 aliphatic heterocycles. The largest absolute Gasteiger partial charge is 0.423 e. The number of rotatable bonds is 5. The normalized spacial score (nSPS) is 12.3. The molecule has 5 heterocycles. The van der Waals surface area contributed by atoms with E-state index in [0.717, 1.165) is 50.0 Å². The van der Waals surface area contributed by atoms with Gasteiger partial charge in [0, 0.05) is 96.4 Å². The van der Waals surface area contributed by atoms with E-state index in [4.69, 9.17) is 4.74 Å². The van der Waals surface area contributed by atoms with E-state index in [1.165, 1.54) is 65.9 Å². The molecule has 0 amide bonds. The maximum Gasteiger partial charge on any atom is 0.343 e. The Kier molecular flexibility index (Phi) is 13.3. The quantitative estimate of drug-likeness (QED) is 0.0978. The first-order valence-electron chi connectivity index (χ1n) is 29.6. The molecule has 86 heavy (non-hydrogen) atoms. The van der Waals surface area contributed by atoms with Crippen molar-refractivity contribution in [3.63, 3.8) is 0 Å². The lowest BCUT2D eigenvalue weighted by Gasteiger charge is -2.19. The van der Waals surface area contributed by atoms with Gasteiger partial charge >= 0.3 is 5.97 Å². The average Bonchev–Trinajstić information content (AvgIpc) is 1.86. The highest BCUT2D eigenvalue weighted by Gasteiger charge is 2.25. The van der Waals surface area contributed by atoms with Crippen LogP contribution in [0.1, 0.15) is 138 Å². The smallest absolute Gasteiger partial charge is 0.343 e. The van der Waals surface area contributed by atoms with Gasteiger partial charge in [0.1, 0.15) is 5.75 Å². The first kappa shape index (κ1) is 55.3. The standard InChI is InChI=1S/C79H69N5O2/c1-76(2,3)55-19-27-69-63(44-55)64-45-56(77(4,5)6)20-28-70(64)83(69)60-25-31-73-67(48-60)68-49-61(84-71-29-21-57(78(7,8)9)46-65(71)66-47-58(79(10,11)12)22-30-72(66)84)26-32-74(68)82(73)59-23-17-54(18-24-59)75(85)86-62-42-52(15-13-50-33-37-80-38-34-50)41-53(43-62)16-14-51-35-39-81-40-36-51/h17-49H,1-12H3. The fourth-order valence-corrected chi connectivity index (χ4v) is 11.9. The minimum absolute atomic E-state index is 0.0227. The Labute approximate surface area is 503 Å². The molecule has 0 bridgehead atoms. The molecule has 8 aromatic carbocycles. The molecule has 0 fully saturated rings. The molecule has 0 aliphatic carbocycles. The molecule has 0 saturated carbocycles. The summed E-state index contributed by atoms with van der Waals surface area (Å²) in [4.78, 5) is 22.5. The fourth-order valence-electron chi connectivity index (χ4n) is 11.9. The first-order chi connectivity index (χ1) is 41.0. The van der Waals surface area contributed by atoms with E-state index < -0.39 is 5.97 Å². The SMILES string of the molecule is CC(C)(C)c1ccc2c(c1)c1cc(C(C)(C)C)ccc1n2-c1ccc2c(c1)c1cc(-n3c4ccc(C(C)(C)C)cc4c4cc(C(C)(C)C)ccc43)ccc1n2-c1ccc(C(=O)Oc2cc(C#Cc3ccncc3)cc(C#Cc3ccncc3)c2)cc1. The highest BCUT2D eigenvalue weighted by molar-refractivity contribution is 6.14. The number of benzene rings is 8. The van der Waals surface area contributed by atoms with Gasteiger partial charge in [-0.25, -0.2) is 4.79 Å². The van der Waals surface area contributed by atoms with Crippen molar-refractivity contribution in [3.05, 3.63) is 251 Å². The molecule has 0 N–H and O–H groups in total. The Balaban J connectivity index is 0.964. The summed E-state index contributed by atoms with van der Waals surface area (Å²) in [5, 5.41) is 7.20. The van der Waals surface area contributed by atoms with E-state index in [-0.39, 0.29) is 21.7 Å². The van der Waals surface area contributed by atoms with Crippen molar-refractivity contribution in [3.8, 4) is 46.5 Å². The van der Waals surface area contributed by atoms with Crippen LogP contribution in [0.3, 0.4) is 0 Å². The summed E-state index contributed by atoms with van der Waals surface area (Å²) in [7, 11) is 0. The second-order valence-corrected chi connectivity index (χ2v) is 27.0. The van der Waals surface area contributed by atoms with Crippen molar-refractivity contribution in [2.75, 3.05) is 0 Å². The minimum Gasteiger partial charge on any atom is -0.423 e. The van der Waals surface area contributed by atoms with Gasteiger partial charge in [-0.3, -0.25) is 9.97 Å². The second-order valence-electron chi connectivity index (χ2n) is 27.0. The molecule has 7 heteroatoms. The van der Waals surface area contributed by atoms with Crippen molar-refractivity contribution < 1.29 is 9.53 Å². The molecule has 0 aliphatic rings. The van der Waals surface area contributed by atoms with Gasteiger partial charge in [-0.15, -0.1) is 0 Å². The predicted molar refractivity (Wildman–Crippen MR) is 356 cm³/mol. The van der Waals surface area contributed by atoms with Crippen molar-refractivity contribution >= 4 is 71.4 Å². The molecule has 0 spiro atoms. The Bertz CT molecular complexity index is 4580. The zero-order chi connectivity index (χ0) is 60.0. The molecule has 0 saturated heterocycles. The Morgan fingerprint density at radius 2 is 0.616 bits per heavy atom. The molecular weight excluding hydrogens is 1050 g/mol. The van der Waals surface area contributed by atoms with Gasteiger partial charge in [0.15, 0.2) is 0 Å². The second kappa shape index (κ2) is 20.7. The molecule has 0 atom stereocenters. The number of hydrogen-bond acceptors (Lipinski definition) is 4. The van der Waals surface area contributed by atoms with Gasteiger partial charge in [0.2, 0.25) is 0 Å². The third-order valence-electron chi connectivity index (χ3n) is 16.8. The molecule has 0 radical (unpaired) electrons. The van der Waals surface area contributed by atoms with Gasteiger partial charge in [-0.2, -0.15) is 0 Å². The van der Waals surface area contributed by atoms with Crippen LogP contribution in [0.15, 0.2) is 201 Å². The van der Waals surface area contributed by atoms with E-state index in [9.17, 15) is 4.79 Å². The molecule has 0 unspecified atom stereocenters. The zero-order valence-corrected chi connectivity index (χ0v) is 51.1.